The number of benzene rings is 1. The zero-order valence-corrected chi connectivity index (χ0v) is 18.0. The minimum absolute atomic E-state index is 0.0427. The Labute approximate surface area is 189 Å². The first-order valence-electron chi connectivity index (χ1n) is 9.48. The highest BCUT2D eigenvalue weighted by atomic mass is 32.2. The number of imidazole rings is 1. The number of anilines is 4. The molecule has 3 aromatic heterocycles. The van der Waals surface area contributed by atoms with Crippen LogP contribution in [-0.4, -0.2) is 34.6 Å². The van der Waals surface area contributed by atoms with Gasteiger partial charge in [0.2, 0.25) is 0 Å². The number of rotatable bonds is 6. The van der Waals surface area contributed by atoms with Crippen molar-refractivity contribution in [1.29, 1.82) is 0 Å². The first kappa shape index (κ1) is 23.4. The summed E-state index contributed by atoms with van der Waals surface area (Å²) < 4.78 is 89.7. The lowest BCUT2D eigenvalue weighted by atomic mass is 10.2. The van der Waals surface area contributed by atoms with Gasteiger partial charge in [0.05, 0.1) is 16.3 Å². The maximum absolute atomic E-state index is 13.2. The normalized spacial score (nSPS) is 12.3. The van der Waals surface area contributed by atoms with Crippen LogP contribution in [0.25, 0.3) is 11.2 Å². The lowest BCUT2D eigenvalue weighted by Gasteiger charge is -2.13. The Balaban J connectivity index is 1.81. The van der Waals surface area contributed by atoms with Crippen molar-refractivity contribution in [3.63, 3.8) is 0 Å². The van der Waals surface area contributed by atoms with Gasteiger partial charge in [-0.15, -0.1) is 0 Å². The number of alkyl halides is 5. The zero-order chi connectivity index (χ0) is 24.7. The van der Waals surface area contributed by atoms with E-state index in [9.17, 15) is 30.4 Å². The molecule has 0 spiro atoms. The van der Waals surface area contributed by atoms with Crippen molar-refractivity contribution >= 4 is 44.0 Å². The average Bonchev–Trinajstić information content (AvgIpc) is 3.18. The molecule has 0 aliphatic carbocycles. The Kier molecular flexibility index (Phi) is 5.85. The largest absolute Gasteiger partial charge is 0.433 e. The van der Waals surface area contributed by atoms with Crippen molar-refractivity contribution in [2.24, 2.45) is 0 Å². The number of pyridine rings is 2. The van der Waals surface area contributed by atoms with Crippen LogP contribution in [0.2, 0.25) is 0 Å². The highest BCUT2D eigenvalue weighted by Crippen LogP contribution is 2.33. The molecular weight excluding hydrogens is 483 g/mol. The molecule has 0 aliphatic heterocycles. The summed E-state index contributed by atoms with van der Waals surface area (Å²) in [6.45, 7) is 0. The van der Waals surface area contributed by atoms with Gasteiger partial charge in [0, 0.05) is 12.3 Å². The van der Waals surface area contributed by atoms with E-state index in [1.807, 2.05) is 0 Å². The molecule has 178 valence electrons. The van der Waals surface area contributed by atoms with Crippen molar-refractivity contribution in [1.82, 2.24) is 19.9 Å². The molecule has 8 nitrogen and oxygen atoms in total. The van der Waals surface area contributed by atoms with Crippen molar-refractivity contribution in [2.45, 2.75) is 17.5 Å². The second-order valence-corrected chi connectivity index (χ2v) is 9.08. The number of hydrogen-bond acceptors (Lipinski definition) is 7. The predicted octanol–water partition coefficient (Wildman–Crippen LogP) is 5.20. The Morgan fingerprint density at radius 1 is 0.912 bits per heavy atom. The summed E-state index contributed by atoms with van der Waals surface area (Å²) in [5, 5.41) is 5.46. The summed E-state index contributed by atoms with van der Waals surface area (Å²) in [6, 6.07) is 10.4. The van der Waals surface area contributed by atoms with Gasteiger partial charge in [0.15, 0.2) is 21.3 Å². The molecular formula is C20H15F5N6O2S. The SMILES string of the molecule is CS(=O)(=O)c1ccccc1Nc1cc(Nc2cccc(C(F)(F)F)n2)nc2nc(C(F)F)[nH]c12. The Morgan fingerprint density at radius 3 is 2.32 bits per heavy atom. The number of fused-ring (bicyclic) bond motifs is 1. The second kappa shape index (κ2) is 8.52. The van der Waals surface area contributed by atoms with E-state index in [2.05, 4.69) is 30.6 Å². The summed E-state index contributed by atoms with van der Waals surface area (Å²) in [4.78, 5) is 13.7. The number of H-pyrrole nitrogens is 1. The first-order chi connectivity index (χ1) is 15.9. The molecule has 0 unspecified atom stereocenters. The van der Waals surface area contributed by atoms with Crippen LogP contribution in [0.4, 0.5) is 45.0 Å². The smallest absolute Gasteiger partial charge is 0.353 e. The maximum Gasteiger partial charge on any atom is 0.433 e. The van der Waals surface area contributed by atoms with Gasteiger partial charge >= 0.3 is 6.18 Å². The van der Waals surface area contributed by atoms with Gasteiger partial charge in [-0.05, 0) is 24.3 Å². The minimum atomic E-state index is -4.68. The number of aromatic nitrogens is 4. The Hall–Kier alpha value is -3.81. The van der Waals surface area contributed by atoms with E-state index in [4.69, 9.17) is 0 Å². The number of hydrogen-bond donors (Lipinski definition) is 3. The van der Waals surface area contributed by atoms with Crippen LogP contribution in [0.3, 0.4) is 0 Å². The summed E-state index contributed by atoms with van der Waals surface area (Å²) in [7, 11) is -3.65. The van der Waals surface area contributed by atoms with Gasteiger partial charge in [-0.25, -0.2) is 32.2 Å². The molecule has 0 fully saturated rings. The maximum atomic E-state index is 13.2. The van der Waals surface area contributed by atoms with Gasteiger partial charge in [-0.1, -0.05) is 18.2 Å². The molecule has 0 bridgehead atoms. The van der Waals surface area contributed by atoms with E-state index >= 15 is 0 Å². The van der Waals surface area contributed by atoms with E-state index in [0.717, 1.165) is 18.4 Å². The summed E-state index contributed by atoms with van der Waals surface area (Å²) in [5.41, 5.74) is -1.02. The molecule has 4 rings (SSSR count). The number of halogens is 5. The van der Waals surface area contributed by atoms with E-state index in [-0.39, 0.29) is 39.1 Å². The molecule has 3 heterocycles. The Morgan fingerprint density at radius 2 is 1.65 bits per heavy atom. The predicted molar refractivity (Wildman–Crippen MR) is 114 cm³/mol. The van der Waals surface area contributed by atoms with E-state index in [0.29, 0.717) is 0 Å². The third-order valence-electron chi connectivity index (χ3n) is 4.54. The standard InChI is InChI=1S/C20H15F5N6O2S/c1-34(32,33)12-6-3-2-5-10(12)26-11-9-15(29-18-16(11)30-19(31-18)17(21)22)28-14-8-4-7-13(27-14)20(23,24)25/h2-9,17H,1H3,(H3,26,27,28,29,30,31). The number of sulfone groups is 1. The third kappa shape index (κ3) is 4.90. The molecule has 0 radical (unpaired) electrons. The molecule has 3 N–H and O–H groups in total. The lowest BCUT2D eigenvalue weighted by molar-refractivity contribution is -0.141. The molecule has 4 aromatic rings. The number of para-hydroxylation sites is 1. The molecule has 0 saturated heterocycles. The summed E-state index contributed by atoms with van der Waals surface area (Å²) >= 11 is 0. The molecule has 1 aromatic carbocycles. The first-order valence-corrected chi connectivity index (χ1v) is 11.4. The summed E-state index contributed by atoms with van der Waals surface area (Å²) in [5.74, 6) is -0.948. The van der Waals surface area contributed by atoms with Crippen molar-refractivity contribution < 1.29 is 30.4 Å². The molecule has 0 saturated carbocycles. The monoisotopic (exact) mass is 498 g/mol. The molecule has 14 heteroatoms. The van der Waals surface area contributed by atoms with Crippen LogP contribution in [0.15, 0.2) is 53.4 Å². The van der Waals surface area contributed by atoms with Crippen LogP contribution < -0.4 is 10.6 Å². The van der Waals surface area contributed by atoms with Gasteiger partial charge in [-0.3, -0.25) is 0 Å². The molecule has 0 aliphatic rings. The van der Waals surface area contributed by atoms with E-state index in [1.54, 1.807) is 6.07 Å². The fraction of sp³-hybridized carbons (Fsp3) is 0.150. The number of nitrogens with one attached hydrogen (secondary N) is 3. The van der Waals surface area contributed by atoms with Crippen molar-refractivity contribution in [3.8, 4) is 0 Å². The van der Waals surface area contributed by atoms with Gasteiger partial charge in [0.25, 0.3) is 6.43 Å². The molecule has 0 amide bonds. The van der Waals surface area contributed by atoms with Gasteiger partial charge < -0.3 is 15.6 Å². The fourth-order valence-corrected chi connectivity index (χ4v) is 3.95. The summed E-state index contributed by atoms with van der Waals surface area (Å²) in [6.07, 6.45) is -6.62. The van der Waals surface area contributed by atoms with E-state index in [1.165, 1.54) is 30.3 Å². The highest BCUT2D eigenvalue weighted by molar-refractivity contribution is 7.90. The average molecular weight is 498 g/mol. The quantitative estimate of drug-likeness (QED) is 0.313. The van der Waals surface area contributed by atoms with Gasteiger partial charge in [-0.2, -0.15) is 13.2 Å². The second-order valence-electron chi connectivity index (χ2n) is 7.10. The van der Waals surface area contributed by atoms with Crippen LogP contribution in [0.1, 0.15) is 17.9 Å². The molecule has 34 heavy (non-hydrogen) atoms. The highest BCUT2D eigenvalue weighted by Gasteiger charge is 2.32. The van der Waals surface area contributed by atoms with Crippen LogP contribution >= 0.6 is 0 Å². The number of nitrogens with zero attached hydrogens (tertiary/aromatic N) is 3. The molecule has 0 atom stereocenters. The third-order valence-corrected chi connectivity index (χ3v) is 5.69. The lowest BCUT2D eigenvalue weighted by Crippen LogP contribution is -2.09. The van der Waals surface area contributed by atoms with Crippen LogP contribution in [0, 0.1) is 0 Å². The number of aromatic amines is 1. The van der Waals surface area contributed by atoms with Gasteiger partial charge in [0.1, 0.15) is 22.8 Å². The Bertz CT molecular complexity index is 1470. The fourth-order valence-electron chi connectivity index (χ4n) is 3.10. The van der Waals surface area contributed by atoms with Crippen LogP contribution in [0.5, 0.6) is 0 Å². The van der Waals surface area contributed by atoms with E-state index < -0.39 is 34.0 Å². The zero-order valence-electron chi connectivity index (χ0n) is 17.2. The van der Waals surface area contributed by atoms with Crippen molar-refractivity contribution in [3.05, 3.63) is 60.0 Å². The van der Waals surface area contributed by atoms with Crippen LogP contribution in [-0.2, 0) is 16.0 Å². The topological polar surface area (TPSA) is 113 Å². The van der Waals surface area contributed by atoms with Crippen molar-refractivity contribution in [2.75, 3.05) is 16.9 Å². The minimum Gasteiger partial charge on any atom is -0.353 e.